The highest BCUT2D eigenvalue weighted by Gasteiger charge is 2.21. The SMILES string of the molecule is Cc1cc(CN2CCc3nc(C4=NCCCC4)ncc3C2)nn1C. The largest absolute Gasteiger partial charge is 0.293 e. The summed E-state index contributed by atoms with van der Waals surface area (Å²) in [7, 11) is 1.99. The number of aryl methyl sites for hydroxylation is 2. The molecule has 0 saturated heterocycles. The summed E-state index contributed by atoms with van der Waals surface area (Å²) < 4.78 is 1.94. The monoisotopic (exact) mass is 324 g/mol. The van der Waals surface area contributed by atoms with Gasteiger partial charge in [-0.15, -0.1) is 0 Å². The Morgan fingerprint density at radius 3 is 2.88 bits per heavy atom. The molecule has 2 aliphatic heterocycles. The Labute approximate surface area is 142 Å². The molecule has 0 aliphatic carbocycles. The fourth-order valence-corrected chi connectivity index (χ4v) is 3.47. The first-order valence-electron chi connectivity index (χ1n) is 8.79. The summed E-state index contributed by atoms with van der Waals surface area (Å²) in [4.78, 5) is 16.4. The van der Waals surface area contributed by atoms with Crippen LogP contribution in [-0.2, 0) is 26.6 Å². The Balaban J connectivity index is 1.48. The molecule has 6 heteroatoms. The number of aliphatic imine (C=N–C) groups is 1. The highest BCUT2D eigenvalue weighted by Crippen LogP contribution is 2.20. The second-order valence-corrected chi connectivity index (χ2v) is 6.81. The molecule has 0 fully saturated rings. The Morgan fingerprint density at radius 2 is 2.12 bits per heavy atom. The summed E-state index contributed by atoms with van der Waals surface area (Å²) in [5.41, 5.74) is 5.86. The average Bonchev–Trinajstić information content (AvgIpc) is 2.92. The van der Waals surface area contributed by atoms with Crippen LogP contribution in [0.1, 0.15) is 47.7 Å². The molecule has 4 heterocycles. The highest BCUT2D eigenvalue weighted by atomic mass is 15.3. The minimum absolute atomic E-state index is 0.849. The minimum Gasteiger partial charge on any atom is -0.293 e. The number of nitrogens with zero attached hydrogens (tertiary/aromatic N) is 6. The molecule has 126 valence electrons. The molecule has 0 saturated carbocycles. The van der Waals surface area contributed by atoms with Gasteiger partial charge in [0.25, 0.3) is 0 Å². The van der Waals surface area contributed by atoms with Gasteiger partial charge in [0.15, 0.2) is 5.82 Å². The predicted molar refractivity (Wildman–Crippen MR) is 93.1 cm³/mol. The van der Waals surface area contributed by atoms with E-state index < -0.39 is 0 Å². The van der Waals surface area contributed by atoms with E-state index in [9.17, 15) is 0 Å². The standard InChI is InChI=1S/C18H24N6/c1-13-9-15(22-23(13)2)12-24-8-6-16-14(11-24)10-20-18(21-16)17-5-3-4-7-19-17/h9-10H,3-8,11-12H2,1-2H3. The van der Waals surface area contributed by atoms with Crippen LogP contribution in [-0.4, -0.2) is 43.4 Å². The summed E-state index contributed by atoms with van der Waals surface area (Å²) >= 11 is 0. The zero-order valence-corrected chi connectivity index (χ0v) is 14.5. The van der Waals surface area contributed by atoms with Crippen molar-refractivity contribution in [2.24, 2.45) is 12.0 Å². The molecule has 24 heavy (non-hydrogen) atoms. The van der Waals surface area contributed by atoms with E-state index in [4.69, 9.17) is 4.98 Å². The van der Waals surface area contributed by atoms with Gasteiger partial charge in [-0.1, -0.05) is 0 Å². The van der Waals surface area contributed by atoms with Crippen LogP contribution in [0.4, 0.5) is 0 Å². The van der Waals surface area contributed by atoms with Crippen LogP contribution in [0, 0.1) is 6.92 Å². The highest BCUT2D eigenvalue weighted by molar-refractivity contribution is 5.97. The van der Waals surface area contributed by atoms with Gasteiger partial charge in [0.2, 0.25) is 0 Å². The Bertz CT molecular complexity index is 756. The lowest BCUT2D eigenvalue weighted by atomic mass is 10.1. The Morgan fingerprint density at radius 1 is 1.21 bits per heavy atom. The van der Waals surface area contributed by atoms with E-state index in [1.165, 1.54) is 29.8 Å². The van der Waals surface area contributed by atoms with Crippen molar-refractivity contribution >= 4 is 5.71 Å². The second-order valence-electron chi connectivity index (χ2n) is 6.81. The van der Waals surface area contributed by atoms with E-state index in [0.717, 1.165) is 56.3 Å². The lowest BCUT2D eigenvalue weighted by Gasteiger charge is -2.27. The molecular formula is C18H24N6. The van der Waals surface area contributed by atoms with Gasteiger partial charge >= 0.3 is 0 Å². The van der Waals surface area contributed by atoms with Gasteiger partial charge in [-0.2, -0.15) is 5.10 Å². The quantitative estimate of drug-likeness (QED) is 0.867. The normalized spacial score (nSPS) is 18.3. The van der Waals surface area contributed by atoms with E-state index in [2.05, 4.69) is 33.0 Å². The van der Waals surface area contributed by atoms with Crippen molar-refractivity contribution in [1.82, 2.24) is 24.6 Å². The Kier molecular flexibility index (Phi) is 4.14. The third kappa shape index (κ3) is 3.11. The van der Waals surface area contributed by atoms with Crippen LogP contribution in [0.2, 0.25) is 0 Å². The maximum absolute atomic E-state index is 4.81. The molecule has 0 unspecified atom stereocenters. The second kappa shape index (κ2) is 6.43. The van der Waals surface area contributed by atoms with Gasteiger partial charge in [0, 0.05) is 57.1 Å². The van der Waals surface area contributed by atoms with Crippen molar-refractivity contribution in [3.63, 3.8) is 0 Å². The molecule has 0 N–H and O–H groups in total. The molecule has 4 rings (SSSR count). The van der Waals surface area contributed by atoms with E-state index >= 15 is 0 Å². The smallest absolute Gasteiger partial charge is 0.173 e. The number of rotatable bonds is 3. The zero-order valence-electron chi connectivity index (χ0n) is 14.5. The molecule has 6 nitrogen and oxygen atoms in total. The molecule has 0 amide bonds. The van der Waals surface area contributed by atoms with Gasteiger partial charge in [0.1, 0.15) is 0 Å². The van der Waals surface area contributed by atoms with Gasteiger partial charge < -0.3 is 0 Å². The third-order valence-electron chi connectivity index (χ3n) is 4.95. The fourth-order valence-electron chi connectivity index (χ4n) is 3.47. The first-order chi connectivity index (χ1) is 11.7. The Hall–Kier alpha value is -2.08. The molecule has 0 atom stereocenters. The summed E-state index contributed by atoms with van der Waals surface area (Å²) in [6.45, 7) is 5.82. The van der Waals surface area contributed by atoms with Crippen LogP contribution < -0.4 is 0 Å². The fraction of sp³-hybridized carbons (Fsp3) is 0.556. The van der Waals surface area contributed by atoms with Crippen molar-refractivity contribution in [3.05, 3.63) is 40.7 Å². The molecule has 0 radical (unpaired) electrons. The summed E-state index contributed by atoms with van der Waals surface area (Å²) in [5, 5.41) is 4.56. The molecule has 0 spiro atoms. The number of hydrogen-bond acceptors (Lipinski definition) is 5. The van der Waals surface area contributed by atoms with Crippen LogP contribution in [0.3, 0.4) is 0 Å². The van der Waals surface area contributed by atoms with Crippen LogP contribution in [0.25, 0.3) is 0 Å². The molecular weight excluding hydrogens is 300 g/mol. The van der Waals surface area contributed by atoms with E-state index in [-0.39, 0.29) is 0 Å². The maximum Gasteiger partial charge on any atom is 0.173 e. The van der Waals surface area contributed by atoms with Crippen molar-refractivity contribution in [2.75, 3.05) is 13.1 Å². The number of fused-ring (bicyclic) bond motifs is 1. The summed E-state index contributed by atoms with van der Waals surface area (Å²) in [5.74, 6) is 0.849. The first-order valence-corrected chi connectivity index (χ1v) is 8.79. The molecule has 2 aromatic heterocycles. The van der Waals surface area contributed by atoms with E-state index in [1.54, 1.807) is 0 Å². The third-order valence-corrected chi connectivity index (χ3v) is 4.95. The van der Waals surface area contributed by atoms with Crippen LogP contribution >= 0.6 is 0 Å². The van der Waals surface area contributed by atoms with Crippen LogP contribution in [0.5, 0.6) is 0 Å². The first kappa shape index (κ1) is 15.4. The van der Waals surface area contributed by atoms with Gasteiger partial charge in [-0.25, -0.2) is 9.97 Å². The number of hydrogen-bond donors (Lipinski definition) is 0. The van der Waals surface area contributed by atoms with Gasteiger partial charge in [-0.05, 0) is 32.3 Å². The molecule has 2 aromatic rings. The van der Waals surface area contributed by atoms with Crippen molar-refractivity contribution < 1.29 is 0 Å². The van der Waals surface area contributed by atoms with Crippen molar-refractivity contribution in [2.45, 2.75) is 45.7 Å². The van der Waals surface area contributed by atoms with Crippen molar-refractivity contribution in [1.29, 1.82) is 0 Å². The van der Waals surface area contributed by atoms with Gasteiger partial charge in [0.05, 0.1) is 17.1 Å². The maximum atomic E-state index is 4.81. The zero-order chi connectivity index (χ0) is 16.5. The van der Waals surface area contributed by atoms with Crippen molar-refractivity contribution in [3.8, 4) is 0 Å². The van der Waals surface area contributed by atoms with Gasteiger partial charge in [-0.3, -0.25) is 14.6 Å². The molecule has 0 aromatic carbocycles. The average molecular weight is 324 g/mol. The topological polar surface area (TPSA) is 59.2 Å². The molecule has 2 aliphatic rings. The van der Waals surface area contributed by atoms with Crippen LogP contribution in [0.15, 0.2) is 17.3 Å². The predicted octanol–water partition coefficient (Wildman–Crippen LogP) is 2.05. The summed E-state index contributed by atoms with van der Waals surface area (Å²) in [6, 6.07) is 2.16. The van der Waals surface area contributed by atoms with E-state index in [1.807, 2.05) is 17.9 Å². The lowest BCUT2D eigenvalue weighted by molar-refractivity contribution is 0.239. The summed E-state index contributed by atoms with van der Waals surface area (Å²) in [6.07, 6.45) is 6.39. The minimum atomic E-state index is 0.849. The number of aromatic nitrogens is 4. The lowest BCUT2D eigenvalue weighted by Crippen LogP contribution is -2.31. The van der Waals surface area contributed by atoms with E-state index in [0.29, 0.717) is 0 Å². The molecule has 0 bridgehead atoms.